The van der Waals surface area contributed by atoms with Crippen molar-refractivity contribution in [2.45, 2.75) is 19.3 Å². The van der Waals surface area contributed by atoms with E-state index in [2.05, 4.69) is 4.72 Å². The van der Waals surface area contributed by atoms with E-state index in [1.54, 1.807) is 7.11 Å². The van der Waals surface area contributed by atoms with Gasteiger partial charge in [0.05, 0.1) is 7.11 Å². The normalized spacial score (nSPS) is 11.8. The van der Waals surface area contributed by atoms with Gasteiger partial charge < -0.3 is 4.74 Å². The Kier molecular flexibility index (Phi) is 6.27. The van der Waals surface area contributed by atoms with E-state index in [0.29, 0.717) is 6.54 Å². The summed E-state index contributed by atoms with van der Waals surface area (Å²) in [6.07, 6.45) is 2.70. The Morgan fingerprint density at radius 2 is 1.79 bits per heavy atom. The van der Waals surface area contributed by atoms with Gasteiger partial charge in [-0.1, -0.05) is 12.1 Å². The lowest BCUT2D eigenvalue weighted by Crippen LogP contribution is -2.36. The molecule has 0 aromatic heterocycles. The van der Waals surface area contributed by atoms with Crippen LogP contribution >= 0.6 is 0 Å². The zero-order valence-corrected chi connectivity index (χ0v) is 12.5. The van der Waals surface area contributed by atoms with Gasteiger partial charge in [-0.15, -0.1) is 0 Å². The molecule has 0 saturated heterocycles. The minimum atomic E-state index is -3.29. The quantitative estimate of drug-likeness (QED) is 0.735. The highest BCUT2D eigenvalue weighted by molar-refractivity contribution is 7.87. The molecule has 5 nitrogen and oxygen atoms in total. The van der Waals surface area contributed by atoms with Crippen molar-refractivity contribution in [1.29, 1.82) is 0 Å². The third kappa shape index (κ3) is 5.59. The maximum Gasteiger partial charge on any atom is 0.278 e. The number of rotatable bonds is 8. The number of ether oxygens (including phenoxy) is 1. The van der Waals surface area contributed by atoms with E-state index >= 15 is 0 Å². The van der Waals surface area contributed by atoms with Gasteiger partial charge in [0.2, 0.25) is 0 Å². The standard InChI is InChI=1S/C13H22N2O3S/c1-15(2)19(16,17)14-11-5-4-6-12-7-9-13(18-3)10-8-12/h7-10,14H,4-6,11H2,1-3H3. The van der Waals surface area contributed by atoms with Crippen LogP contribution in [0.15, 0.2) is 24.3 Å². The Hall–Kier alpha value is -1.11. The number of hydrogen-bond donors (Lipinski definition) is 1. The number of aryl methyl sites for hydroxylation is 1. The molecule has 6 heteroatoms. The van der Waals surface area contributed by atoms with Crippen molar-refractivity contribution < 1.29 is 13.2 Å². The SMILES string of the molecule is COc1ccc(CCCCNS(=O)(=O)N(C)C)cc1. The number of unbranched alkanes of at least 4 members (excludes halogenated alkanes) is 1. The predicted octanol–water partition coefficient (Wildman–Crippen LogP) is 1.41. The lowest BCUT2D eigenvalue weighted by molar-refractivity contribution is 0.414. The summed E-state index contributed by atoms with van der Waals surface area (Å²) in [6.45, 7) is 0.469. The van der Waals surface area contributed by atoms with Crippen molar-refractivity contribution in [3.8, 4) is 5.75 Å². The zero-order chi connectivity index (χ0) is 14.3. The number of benzene rings is 1. The first-order chi connectivity index (χ1) is 8.95. The van der Waals surface area contributed by atoms with Crippen LogP contribution in [0.5, 0.6) is 5.75 Å². The third-order valence-electron chi connectivity index (χ3n) is 2.82. The molecule has 108 valence electrons. The van der Waals surface area contributed by atoms with Gasteiger partial charge in [-0.05, 0) is 37.0 Å². The summed E-state index contributed by atoms with van der Waals surface area (Å²) in [6, 6.07) is 7.93. The first-order valence-corrected chi connectivity index (χ1v) is 7.70. The zero-order valence-electron chi connectivity index (χ0n) is 11.7. The molecule has 0 aliphatic heterocycles. The van der Waals surface area contributed by atoms with Crippen molar-refractivity contribution in [3.63, 3.8) is 0 Å². The lowest BCUT2D eigenvalue weighted by Gasteiger charge is -2.12. The minimum absolute atomic E-state index is 0.469. The summed E-state index contributed by atoms with van der Waals surface area (Å²) >= 11 is 0. The highest BCUT2D eigenvalue weighted by atomic mass is 32.2. The van der Waals surface area contributed by atoms with E-state index in [-0.39, 0.29) is 0 Å². The fourth-order valence-corrected chi connectivity index (χ4v) is 2.24. The van der Waals surface area contributed by atoms with Gasteiger partial charge in [-0.2, -0.15) is 12.7 Å². The number of hydrogen-bond acceptors (Lipinski definition) is 3. The van der Waals surface area contributed by atoms with E-state index in [1.165, 1.54) is 24.0 Å². The molecule has 0 atom stereocenters. The molecule has 1 aromatic rings. The van der Waals surface area contributed by atoms with Crippen molar-refractivity contribution >= 4 is 10.2 Å². The van der Waals surface area contributed by atoms with Crippen molar-refractivity contribution in [2.24, 2.45) is 0 Å². The molecule has 0 heterocycles. The molecule has 0 amide bonds. The molecule has 0 unspecified atom stereocenters. The van der Waals surface area contributed by atoms with Gasteiger partial charge in [-0.3, -0.25) is 0 Å². The molecule has 1 N–H and O–H groups in total. The average molecular weight is 286 g/mol. The Labute approximate surface area is 115 Å². The summed E-state index contributed by atoms with van der Waals surface area (Å²) in [5.74, 6) is 0.850. The number of nitrogens with one attached hydrogen (secondary N) is 1. The molecule has 0 spiro atoms. The van der Waals surface area contributed by atoms with Gasteiger partial charge in [-0.25, -0.2) is 4.72 Å². The fourth-order valence-electron chi connectivity index (χ4n) is 1.58. The van der Waals surface area contributed by atoms with Crippen LogP contribution in [0.4, 0.5) is 0 Å². The Balaban J connectivity index is 2.24. The topological polar surface area (TPSA) is 58.6 Å². The second-order valence-electron chi connectivity index (χ2n) is 4.49. The molecular weight excluding hydrogens is 264 g/mol. The highest BCUT2D eigenvalue weighted by Gasteiger charge is 2.10. The van der Waals surface area contributed by atoms with Gasteiger partial charge in [0.1, 0.15) is 5.75 Å². The predicted molar refractivity (Wildman–Crippen MR) is 76.5 cm³/mol. The third-order valence-corrected chi connectivity index (χ3v) is 4.35. The van der Waals surface area contributed by atoms with Crippen LogP contribution in [0.1, 0.15) is 18.4 Å². The molecule has 0 fully saturated rings. The molecule has 0 radical (unpaired) electrons. The van der Waals surface area contributed by atoms with Gasteiger partial charge in [0.15, 0.2) is 0 Å². The van der Waals surface area contributed by atoms with Crippen LogP contribution in [0, 0.1) is 0 Å². The van der Waals surface area contributed by atoms with E-state index in [0.717, 1.165) is 25.0 Å². The second-order valence-corrected chi connectivity index (χ2v) is 6.46. The fraction of sp³-hybridized carbons (Fsp3) is 0.538. The molecule has 19 heavy (non-hydrogen) atoms. The Morgan fingerprint density at radius 1 is 1.16 bits per heavy atom. The molecule has 0 bridgehead atoms. The maximum atomic E-state index is 11.4. The number of methoxy groups -OCH3 is 1. The van der Waals surface area contributed by atoms with Crippen molar-refractivity contribution in [1.82, 2.24) is 9.03 Å². The van der Waals surface area contributed by atoms with Crippen LogP contribution in [0.2, 0.25) is 0 Å². The van der Waals surface area contributed by atoms with E-state index in [4.69, 9.17) is 4.74 Å². The summed E-state index contributed by atoms with van der Waals surface area (Å²) in [7, 11) is 1.39. The highest BCUT2D eigenvalue weighted by Crippen LogP contribution is 2.12. The monoisotopic (exact) mass is 286 g/mol. The second kappa shape index (κ2) is 7.47. The van der Waals surface area contributed by atoms with Crippen LogP contribution in [0.3, 0.4) is 0 Å². The molecule has 0 aliphatic rings. The Bertz CT molecular complexity index is 469. The summed E-state index contributed by atoms with van der Waals surface area (Å²) in [4.78, 5) is 0. The number of nitrogens with zero attached hydrogens (tertiary/aromatic N) is 1. The van der Waals surface area contributed by atoms with E-state index in [9.17, 15) is 8.42 Å². The van der Waals surface area contributed by atoms with Gasteiger partial charge in [0.25, 0.3) is 10.2 Å². The molecular formula is C13H22N2O3S. The molecule has 1 rings (SSSR count). The summed E-state index contributed by atoms with van der Waals surface area (Å²) in [5, 5.41) is 0. The van der Waals surface area contributed by atoms with Crippen molar-refractivity contribution in [3.05, 3.63) is 29.8 Å². The smallest absolute Gasteiger partial charge is 0.278 e. The van der Waals surface area contributed by atoms with Crippen LogP contribution in [-0.2, 0) is 16.6 Å². The van der Waals surface area contributed by atoms with Gasteiger partial charge in [0, 0.05) is 20.6 Å². The van der Waals surface area contributed by atoms with E-state index < -0.39 is 10.2 Å². The average Bonchev–Trinajstić information content (AvgIpc) is 2.38. The van der Waals surface area contributed by atoms with Crippen LogP contribution in [-0.4, -0.2) is 40.5 Å². The van der Waals surface area contributed by atoms with Gasteiger partial charge >= 0.3 is 0 Å². The Morgan fingerprint density at radius 3 is 2.32 bits per heavy atom. The molecule has 1 aromatic carbocycles. The van der Waals surface area contributed by atoms with Crippen molar-refractivity contribution in [2.75, 3.05) is 27.7 Å². The van der Waals surface area contributed by atoms with E-state index in [1.807, 2.05) is 24.3 Å². The molecule has 0 saturated carbocycles. The van der Waals surface area contributed by atoms with Crippen LogP contribution in [0.25, 0.3) is 0 Å². The largest absolute Gasteiger partial charge is 0.497 e. The first-order valence-electron chi connectivity index (χ1n) is 6.26. The lowest BCUT2D eigenvalue weighted by atomic mass is 10.1. The molecule has 0 aliphatic carbocycles. The van der Waals surface area contributed by atoms with Crippen LogP contribution < -0.4 is 9.46 Å². The summed E-state index contributed by atoms with van der Waals surface area (Å²) in [5.41, 5.74) is 1.23. The first kappa shape index (κ1) is 15.9. The maximum absolute atomic E-state index is 11.4. The summed E-state index contributed by atoms with van der Waals surface area (Å²) < 4.78 is 31.7. The minimum Gasteiger partial charge on any atom is -0.497 e.